The van der Waals surface area contributed by atoms with Crippen molar-refractivity contribution in [2.45, 2.75) is 33.1 Å². The number of hydrogen-bond donors (Lipinski definition) is 2. The van der Waals surface area contributed by atoms with Gasteiger partial charge in [0.05, 0.1) is 5.69 Å². The van der Waals surface area contributed by atoms with Gasteiger partial charge in [-0.3, -0.25) is 4.79 Å². The molecule has 0 saturated carbocycles. The van der Waals surface area contributed by atoms with Crippen LogP contribution < -0.4 is 11.1 Å². The van der Waals surface area contributed by atoms with Crippen LogP contribution >= 0.6 is 31.9 Å². The molecule has 1 rings (SSSR count). The van der Waals surface area contributed by atoms with Crippen LogP contribution in [0.25, 0.3) is 0 Å². The van der Waals surface area contributed by atoms with Gasteiger partial charge in [-0.15, -0.1) is 0 Å². The second kappa shape index (κ2) is 7.41. The van der Waals surface area contributed by atoms with E-state index in [4.69, 9.17) is 5.73 Å². The maximum absolute atomic E-state index is 12.0. The van der Waals surface area contributed by atoms with Crippen LogP contribution in [0.1, 0.15) is 33.1 Å². The quantitative estimate of drug-likeness (QED) is 0.759. The number of amides is 1. The predicted octanol–water partition coefficient (Wildman–Crippen LogP) is 4.31. The third kappa shape index (κ3) is 5.63. The third-order valence-corrected chi connectivity index (χ3v) is 4.40. The lowest BCUT2D eigenvalue weighted by molar-refractivity contribution is -0.116. The number of anilines is 1. The second-order valence-electron chi connectivity index (χ2n) is 5.35. The molecule has 0 aromatic heterocycles. The first kappa shape index (κ1) is 16.7. The summed E-state index contributed by atoms with van der Waals surface area (Å²) in [5.74, 6) is 0.0256. The van der Waals surface area contributed by atoms with Crippen molar-refractivity contribution in [2.24, 2.45) is 11.1 Å². The van der Waals surface area contributed by atoms with Crippen LogP contribution in [0.4, 0.5) is 5.69 Å². The Morgan fingerprint density at radius 1 is 1.26 bits per heavy atom. The molecular formula is C14H20Br2N2O. The Bertz CT molecular complexity index is 427. The van der Waals surface area contributed by atoms with E-state index in [9.17, 15) is 4.79 Å². The zero-order valence-corrected chi connectivity index (χ0v) is 14.5. The van der Waals surface area contributed by atoms with E-state index >= 15 is 0 Å². The van der Waals surface area contributed by atoms with E-state index in [1.807, 2.05) is 18.2 Å². The number of carbonyl (C=O) groups excluding carboxylic acids is 1. The van der Waals surface area contributed by atoms with Crippen molar-refractivity contribution in [3.63, 3.8) is 0 Å². The van der Waals surface area contributed by atoms with Crippen molar-refractivity contribution >= 4 is 43.5 Å². The van der Waals surface area contributed by atoms with Gasteiger partial charge in [0.15, 0.2) is 0 Å². The number of hydrogen-bond acceptors (Lipinski definition) is 2. The molecule has 3 nitrogen and oxygen atoms in total. The minimum Gasteiger partial charge on any atom is -0.330 e. The molecular weight excluding hydrogens is 372 g/mol. The molecule has 106 valence electrons. The van der Waals surface area contributed by atoms with Gasteiger partial charge < -0.3 is 11.1 Å². The molecule has 0 heterocycles. The molecule has 1 amide bonds. The molecule has 0 bridgehead atoms. The largest absolute Gasteiger partial charge is 0.330 e. The summed E-state index contributed by atoms with van der Waals surface area (Å²) < 4.78 is 1.74. The maximum Gasteiger partial charge on any atom is 0.224 e. The van der Waals surface area contributed by atoms with E-state index in [2.05, 4.69) is 51.0 Å². The van der Waals surface area contributed by atoms with Crippen LogP contribution in [0, 0.1) is 5.41 Å². The number of para-hydroxylation sites is 1. The summed E-state index contributed by atoms with van der Waals surface area (Å²) in [6.45, 7) is 4.94. The van der Waals surface area contributed by atoms with E-state index in [0.29, 0.717) is 13.0 Å². The van der Waals surface area contributed by atoms with Crippen molar-refractivity contribution in [2.75, 3.05) is 11.9 Å². The fourth-order valence-corrected chi connectivity index (χ4v) is 2.98. The van der Waals surface area contributed by atoms with Crippen molar-refractivity contribution < 1.29 is 4.79 Å². The lowest BCUT2D eigenvalue weighted by Gasteiger charge is -2.23. The fourth-order valence-electron chi connectivity index (χ4n) is 1.79. The van der Waals surface area contributed by atoms with Gasteiger partial charge in [-0.25, -0.2) is 0 Å². The van der Waals surface area contributed by atoms with Crippen molar-refractivity contribution in [3.8, 4) is 0 Å². The monoisotopic (exact) mass is 390 g/mol. The highest BCUT2D eigenvalue weighted by molar-refractivity contribution is 9.11. The summed E-state index contributed by atoms with van der Waals surface area (Å²) in [6.07, 6.45) is 2.26. The van der Waals surface area contributed by atoms with Crippen LogP contribution in [0.15, 0.2) is 27.1 Å². The first-order valence-corrected chi connectivity index (χ1v) is 7.88. The van der Waals surface area contributed by atoms with Gasteiger partial charge in [0.25, 0.3) is 0 Å². The van der Waals surface area contributed by atoms with Gasteiger partial charge in [-0.1, -0.05) is 19.9 Å². The van der Waals surface area contributed by atoms with Gasteiger partial charge in [0.1, 0.15) is 0 Å². The predicted molar refractivity (Wildman–Crippen MR) is 87.2 cm³/mol. The Morgan fingerprint density at radius 3 is 2.37 bits per heavy atom. The third-order valence-electron chi connectivity index (χ3n) is 3.08. The average molecular weight is 392 g/mol. The van der Waals surface area contributed by atoms with Crippen LogP contribution in [0.3, 0.4) is 0 Å². The molecule has 0 radical (unpaired) electrons. The first-order valence-electron chi connectivity index (χ1n) is 6.30. The minimum absolute atomic E-state index is 0.0256. The highest BCUT2D eigenvalue weighted by atomic mass is 79.9. The molecule has 1 aromatic rings. The van der Waals surface area contributed by atoms with Gasteiger partial charge in [-0.05, 0) is 68.8 Å². The Kier molecular flexibility index (Phi) is 6.50. The highest BCUT2D eigenvalue weighted by Gasteiger charge is 2.19. The van der Waals surface area contributed by atoms with E-state index in [1.54, 1.807) is 0 Å². The van der Waals surface area contributed by atoms with Crippen molar-refractivity contribution in [1.29, 1.82) is 0 Å². The molecule has 0 aliphatic heterocycles. The maximum atomic E-state index is 12.0. The number of carbonyl (C=O) groups is 1. The van der Waals surface area contributed by atoms with E-state index < -0.39 is 0 Å². The van der Waals surface area contributed by atoms with Crippen LogP contribution in [-0.4, -0.2) is 12.5 Å². The Morgan fingerprint density at radius 2 is 1.84 bits per heavy atom. The van der Waals surface area contributed by atoms with Gasteiger partial charge >= 0.3 is 0 Å². The minimum atomic E-state index is 0.0256. The normalized spacial score (nSPS) is 11.4. The molecule has 0 fully saturated rings. The molecule has 3 N–H and O–H groups in total. The molecule has 1 aromatic carbocycles. The Hall–Kier alpha value is -0.390. The molecule has 0 saturated heterocycles. The lowest BCUT2D eigenvalue weighted by Crippen LogP contribution is -2.20. The standard InChI is InChI=1S/C14H20Br2N2O/c1-14(2,8-9-17)7-6-12(19)18-13-10(15)4-3-5-11(13)16/h3-5H,6-9,17H2,1-2H3,(H,18,19). The summed E-state index contributed by atoms with van der Waals surface area (Å²) in [4.78, 5) is 12.0. The molecule has 0 aliphatic carbocycles. The van der Waals surface area contributed by atoms with Gasteiger partial charge in [0.2, 0.25) is 5.91 Å². The molecule has 19 heavy (non-hydrogen) atoms. The lowest BCUT2D eigenvalue weighted by atomic mass is 9.84. The van der Waals surface area contributed by atoms with E-state index in [1.165, 1.54) is 0 Å². The Labute approximate surface area is 131 Å². The molecule has 5 heteroatoms. The van der Waals surface area contributed by atoms with Crippen molar-refractivity contribution in [3.05, 3.63) is 27.1 Å². The molecule has 0 atom stereocenters. The number of benzene rings is 1. The average Bonchev–Trinajstić information content (AvgIpc) is 2.32. The number of rotatable bonds is 6. The summed E-state index contributed by atoms with van der Waals surface area (Å²) in [5.41, 5.74) is 6.46. The summed E-state index contributed by atoms with van der Waals surface area (Å²) >= 11 is 6.86. The fraction of sp³-hybridized carbons (Fsp3) is 0.500. The summed E-state index contributed by atoms with van der Waals surface area (Å²) in [7, 11) is 0. The first-order chi connectivity index (χ1) is 8.85. The van der Waals surface area contributed by atoms with Gasteiger partial charge in [-0.2, -0.15) is 0 Å². The number of halogens is 2. The smallest absolute Gasteiger partial charge is 0.224 e. The van der Waals surface area contributed by atoms with Crippen molar-refractivity contribution in [1.82, 2.24) is 0 Å². The zero-order chi connectivity index (χ0) is 14.5. The molecule has 0 aliphatic rings. The Balaban J connectivity index is 2.57. The number of nitrogens with one attached hydrogen (secondary N) is 1. The van der Waals surface area contributed by atoms with Crippen LogP contribution in [0.2, 0.25) is 0 Å². The second-order valence-corrected chi connectivity index (χ2v) is 7.06. The van der Waals surface area contributed by atoms with Crippen LogP contribution in [-0.2, 0) is 4.79 Å². The summed E-state index contributed by atoms with van der Waals surface area (Å²) in [5, 5.41) is 2.93. The van der Waals surface area contributed by atoms with E-state index in [-0.39, 0.29) is 11.3 Å². The molecule has 0 unspecified atom stereocenters. The van der Waals surface area contributed by atoms with E-state index in [0.717, 1.165) is 27.5 Å². The topological polar surface area (TPSA) is 55.1 Å². The van der Waals surface area contributed by atoms with Crippen LogP contribution in [0.5, 0.6) is 0 Å². The highest BCUT2D eigenvalue weighted by Crippen LogP contribution is 2.31. The number of nitrogens with two attached hydrogens (primary N) is 1. The summed E-state index contributed by atoms with van der Waals surface area (Å²) in [6, 6.07) is 5.71. The SMILES string of the molecule is CC(C)(CCN)CCC(=O)Nc1c(Br)cccc1Br. The molecule has 0 spiro atoms. The zero-order valence-electron chi connectivity index (χ0n) is 11.3. The van der Waals surface area contributed by atoms with Gasteiger partial charge in [0, 0.05) is 15.4 Å².